The summed E-state index contributed by atoms with van der Waals surface area (Å²) in [5.41, 5.74) is -1.67. The molecule has 2 aromatic carbocycles. The molecule has 1 aliphatic carbocycles. The highest BCUT2D eigenvalue weighted by atomic mass is 127. The molecular formula is C26H25FIN5O6S. The van der Waals surface area contributed by atoms with E-state index in [1.807, 2.05) is 22.6 Å². The van der Waals surface area contributed by atoms with Crippen molar-refractivity contribution in [2.24, 2.45) is 14.1 Å². The molecule has 40 heavy (non-hydrogen) atoms. The van der Waals surface area contributed by atoms with Crippen molar-refractivity contribution in [2.75, 3.05) is 16.4 Å². The standard InChI is InChI=1S/C26H25FIN5O6S/c1-14-22-21(23(30(2)24(14)35)29-20-10-7-15(28)11-19(20)27)25(36)31(3)26(37)33(22)17-6-4-5-16(12-17)32(13-34)40(38,39)18-8-9-18/h4-7,10-12,18,29,34H,8-9,13H2,1-3H3. The maximum Gasteiger partial charge on any atom is 0.335 e. The molecule has 14 heteroatoms. The molecule has 0 unspecified atom stereocenters. The molecule has 0 atom stereocenters. The van der Waals surface area contributed by atoms with Crippen LogP contribution in [-0.4, -0.2) is 39.2 Å². The predicted octanol–water partition coefficient (Wildman–Crippen LogP) is 2.43. The topological polar surface area (TPSA) is 136 Å². The minimum atomic E-state index is -3.83. The Morgan fingerprint density at radius 2 is 1.77 bits per heavy atom. The summed E-state index contributed by atoms with van der Waals surface area (Å²) >= 11 is 1.96. The Morgan fingerprint density at radius 3 is 2.40 bits per heavy atom. The number of aryl methyl sites for hydroxylation is 1. The number of sulfonamides is 1. The maximum atomic E-state index is 14.8. The molecule has 2 aromatic heterocycles. The van der Waals surface area contributed by atoms with E-state index in [0.29, 0.717) is 16.4 Å². The highest BCUT2D eigenvalue weighted by molar-refractivity contribution is 14.1. The fourth-order valence-corrected chi connectivity index (χ4v) is 6.76. The summed E-state index contributed by atoms with van der Waals surface area (Å²) in [5, 5.41) is 12.2. The van der Waals surface area contributed by atoms with Crippen LogP contribution in [0.4, 0.5) is 21.6 Å². The first-order valence-corrected chi connectivity index (χ1v) is 14.8. The van der Waals surface area contributed by atoms with Crippen LogP contribution >= 0.6 is 22.6 Å². The monoisotopic (exact) mass is 681 g/mol. The van der Waals surface area contributed by atoms with Gasteiger partial charge in [-0.3, -0.25) is 23.3 Å². The fraction of sp³-hybridized carbons (Fsp3) is 0.269. The highest BCUT2D eigenvalue weighted by Gasteiger charge is 2.40. The molecule has 5 rings (SSSR count). The second-order valence-electron chi connectivity index (χ2n) is 9.55. The number of hydrogen-bond donors (Lipinski definition) is 2. The molecule has 0 bridgehead atoms. The highest BCUT2D eigenvalue weighted by Crippen LogP contribution is 2.34. The average molecular weight is 681 g/mol. The molecule has 2 N–H and O–H groups in total. The lowest BCUT2D eigenvalue weighted by Crippen LogP contribution is -2.40. The van der Waals surface area contributed by atoms with Crippen molar-refractivity contribution in [3.05, 3.63) is 88.6 Å². The lowest BCUT2D eigenvalue weighted by atomic mass is 10.1. The fourth-order valence-electron chi connectivity index (χ4n) is 4.65. The number of hydrogen-bond acceptors (Lipinski definition) is 7. The summed E-state index contributed by atoms with van der Waals surface area (Å²) in [7, 11) is -1.12. The number of fused-ring (bicyclic) bond motifs is 1. The Balaban J connectivity index is 1.82. The summed E-state index contributed by atoms with van der Waals surface area (Å²) in [4.78, 5) is 40.4. The van der Waals surface area contributed by atoms with Crippen molar-refractivity contribution in [3.63, 3.8) is 0 Å². The van der Waals surface area contributed by atoms with Gasteiger partial charge in [-0.05, 0) is 78.8 Å². The molecule has 11 nitrogen and oxygen atoms in total. The van der Waals surface area contributed by atoms with E-state index in [4.69, 9.17) is 0 Å². The van der Waals surface area contributed by atoms with E-state index in [1.54, 1.807) is 6.07 Å². The molecule has 0 radical (unpaired) electrons. The number of nitrogens with one attached hydrogen (secondary N) is 1. The minimum Gasteiger partial charge on any atom is -0.375 e. The van der Waals surface area contributed by atoms with Crippen LogP contribution in [0.25, 0.3) is 16.6 Å². The zero-order valence-electron chi connectivity index (χ0n) is 21.7. The van der Waals surface area contributed by atoms with Crippen molar-refractivity contribution >= 4 is 60.7 Å². The molecule has 0 spiro atoms. The van der Waals surface area contributed by atoms with Crippen LogP contribution in [0.3, 0.4) is 0 Å². The second kappa shape index (κ2) is 10.2. The number of pyridine rings is 1. The average Bonchev–Trinajstić information content (AvgIpc) is 3.77. The Labute approximate surface area is 241 Å². The zero-order valence-corrected chi connectivity index (χ0v) is 24.7. The van der Waals surface area contributed by atoms with Gasteiger partial charge in [0.25, 0.3) is 11.1 Å². The zero-order chi connectivity index (χ0) is 29.1. The summed E-state index contributed by atoms with van der Waals surface area (Å²) in [6.07, 6.45) is 0.978. The van der Waals surface area contributed by atoms with E-state index in [-0.39, 0.29) is 39.3 Å². The van der Waals surface area contributed by atoms with Gasteiger partial charge in [0.15, 0.2) is 0 Å². The van der Waals surface area contributed by atoms with Crippen LogP contribution in [0.1, 0.15) is 18.4 Å². The van der Waals surface area contributed by atoms with Crippen LogP contribution in [0.15, 0.2) is 56.8 Å². The summed E-state index contributed by atoms with van der Waals surface area (Å²) < 4.78 is 45.3. The van der Waals surface area contributed by atoms with Gasteiger partial charge in [0.1, 0.15) is 23.8 Å². The van der Waals surface area contributed by atoms with Crippen molar-refractivity contribution in [2.45, 2.75) is 25.0 Å². The minimum absolute atomic E-state index is 0.0117. The quantitative estimate of drug-likeness (QED) is 0.226. The Morgan fingerprint density at radius 1 is 1.07 bits per heavy atom. The summed E-state index contributed by atoms with van der Waals surface area (Å²) in [6, 6.07) is 10.3. The van der Waals surface area contributed by atoms with E-state index in [2.05, 4.69) is 5.32 Å². The number of aromatic nitrogens is 3. The van der Waals surface area contributed by atoms with Gasteiger partial charge in [-0.25, -0.2) is 21.9 Å². The van der Waals surface area contributed by atoms with E-state index in [9.17, 15) is 32.3 Å². The van der Waals surface area contributed by atoms with Gasteiger partial charge in [0, 0.05) is 23.2 Å². The van der Waals surface area contributed by atoms with Gasteiger partial charge in [0.05, 0.1) is 27.8 Å². The largest absolute Gasteiger partial charge is 0.375 e. The third kappa shape index (κ3) is 4.53. The lowest BCUT2D eigenvalue weighted by molar-refractivity contribution is 0.309. The number of aliphatic hydroxyl groups is 1. The second-order valence-corrected chi connectivity index (χ2v) is 12.9. The maximum absolute atomic E-state index is 14.8. The van der Waals surface area contributed by atoms with Crippen LogP contribution in [0.5, 0.6) is 0 Å². The van der Waals surface area contributed by atoms with Crippen molar-refractivity contribution in [1.82, 2.24) is 13.7 Å². The van der Waals surface area contributed by atoms with E-state index < -0.39 is 44.6 Å². The Bertz CT molecular complexity index is 1980. The van der Waals surface area contributed by atoms with E-state index in [0.717, 1.165) is 13.4 Å². The smallest absolute Gasteiger partial charge is 0.335 e. The molecule has 1 saturated carbocycles. The number of halogens is 2. The van der Waals surface area contributed by atoms with Crippen molar-refractivity contribution in [1.29, 1.82) is 0 Å². The number of anilines is 3. The first kappa shape index (κ1) is 28.0. The van der Waals surface area contributed by atoms with Crippen LogP contribution in [-0.2, 0) is 24.1 Å². The number of benzene rings is 2. The molecule has 1 fully saturated rings. The molecule has 1 aliphatic rings. The number of rotatable bonds is 7. The number of aliphatic hydroxyl groups excluding tert-OH is 1. The van der Waals surface area contributed by atoms with Crippen molar-refractivity contribution in [3.8, 4) is 5.69 Å². The van der Waals surface area contributed by atoms with Gasteiger partial charge >= 0.3 is 5.69 Å². The lowest BCUT2D eigenvalue weighted by Gasteiger charge is -2.23. The van der Waals surface area contributed by atoms with Crippen LogP contribution in [0, 0.1) is 16.3 Å². The Kier molecular flexibility index (Phi) is 7.12. The SMILES string of the molecule is Cc1c(=O)n(C)c(Nc2ccc(I)cc2F)c2c(=O)n(C)c(=O)n(-c3cccc(N(CO)S(=O)(=O)C4CC4)c3)c12. The molecule has 0 aliphatic heterocycles. The number of nitrogens with zero attached hydrogens (tertiary/aromatic N) is 4. The van der Waals surface area contributed by atoms with Gasteiger partial charge in [-0.2, -0.15) is 0 Å². The van der Waals surface area contributed by atoms with Crippen LogP contribution < -0.4 is 26.4 Å². The van der Waals surface area contributed by atoms with Crippen molar-refractivity contribution < 1.29 is 17.9 Å². The predicted molar refractivity (Wildman–Crippen MR) is 159 cm³/mol. The van der Waals surface area contributed by atoms with E-state index in [1.165, 1.54) is 62.0 Å². The molecule has 0 amide bonds. The molecule has 2 heterocycles. The third-order valence-corrected chi connectivity index (χ3v) is 9.88. The van der Waals surface area contributed by atoms with Gasteiger partial charge in [0.2, 0.25) is 10.0 Å². The first-order valence-electron chi connectivity index (χ1n) is 12.2. The van der Waals surface area contributed by atoms with E-state index >= 15 is 0 Å². The summed E-state index contributed by atoms with van der Waals surface area (Å²) in [6.45, 7) is 0.664. The Hall–Kier alpha value is -3.50. The molecule has 210 valence electrons. The molecule has 0 saturated heterocycles. The summed E-state index contributed by atoms with van der Waals surface area (Å²) in [5.74, 6) is -0.628. The van der Waals surface area contributed by atoms with Gasteiger partial charge in [-0.1, -0.05) is 6.07 Å². The normalized spacial score (nSPS) is 13.6. The third-order valence-electron chi connectivity index (χ3n) is 6.95. The molecule has 4 aromatic rings. The first-order chi connectivity index (χ1) is 18.9. The van der Waals surface area contributed by atoms with Gasteiger partial charge in [-0.15, -0.1) is 0 Å². The van der Waals surface area contributed by atoms with Gasteiger partial charge < -0.3 is 10.4 Å². The molecular weight excluding hydrogens is 656 g/mol. The van der Waals surface area contributed by atoms with Crippen LogP contribution in [0.2, 0.25) is 0 Å².